The molecular formula is C23H29ClN2O4. The van der Waals surface area contributed by atoms with E-state index in [1.165, 1.54) is 12.0 Å². The summed E-state index contributed by atoms with van der Waals surface area (Å²) in [4.78, 5) is 27.1. The summed E-state index contributed by atoms with van der Waals surface area (Å²) in [5.41, 5.74) is 0.835. The van der Waals surface area contributed by atoms with Crippen molar-refractivity contribution in [3.8, 4) is 11.5 Å². The molecule has 2 aromatic carbocycles. The molecule has 7 heteroatoms. The highest BCUT2D eigenvalue weighted by Crippen LogP contribution is 2.26. The first-order valence-electron chi connectivity index (χ1n) is 10.0. The van der Waals surface area contributed by atoms with Gasteiger partial charge in [0.1, 0.15) is 6.04 Å². The fourth-order valence-corrected chi connectivity index (χ4v) is 3.12. The molecule has 0 spiro atoms. The minimum atomic E-state index is -0.658. The minimum Gasteiger partial charge on any atom is -0.493 e. The number of ether oxygens (including phenoxy) is 2. The van der Waals surface area contributed by atoms with E-state index in [1.54, 1.807) is 37.3 Å². The average Bonchev–Trinajstić information content (AvgIpc) is 2.75. The van der Waals surface area contributed by atoms with Gasteiger partial charge in [-0.1, -0.05) is 49.2 Å². The number of amides is 2. The van der Waals surface area contributed by atoms with Crippen LogP contribution >= 0.6 is 11.6 Å². The lowest BCUT2D eigenvalue weighted by molar-refractivity contribution is -0.142. The number of methoxy groups -OCH3 is 1. The lowest BCUT2D eigenvalue weighted by Crippen LogP contribution is -2.49. The van der Waals surface area contributed by atoms with Gasteiger partial charge in [0.2, 0.25) is 5.91 Å². The van der Waals surface area contributed by atoms with Gasteiger partial charge in [0, 0.05) is 18.1 Å². The molecule has 1 atom stereocenters. The molecule has 0 aliphatic carbocycles. The van der Waals surface area contributed by atoms with Crippen molar-refractivity contribution in [2.24, 2.45) is 0 Å². The Labute approximate surface area is 183 Å². The fourth-order valence-electron chi connectivity index (χ4n) is 2.91. The summed E-state index contributed by atoms with van der Waals surface area (Å²) < 4.78 is 10.9. The third-order valence-electron chi connectivity index (χ3n) is 4.66. The molecule has 0 aliphatic rings. The maximum atomic E-state index is 13.0. The number of hydrogen-bond acceptors (Lipinski definition) is 4. The summed E-state index contributed by atoms with van der Waals surface area (Å²) in [5, 5.41) is 3.46. The quantitative estimate of drug-likeness (QED) is 0.544. The van der Waals surface area contributed by atoms with Gasteiger partial charge in [-0.25, -0.2) is 0 Å². The molecule has 1 N–H and O–H groups in total. The highest BCUT2D eigenvalue weighted by Gasteiger charge is 2.26. The Morgan fingerprint density at radius 2 is 1.87 bits per heavy atom. The molecule has 0 saturated heterocycles. The number of carbonyl (C=O) groups excluding carboxylic acids is 2. The molecule has 2 rings (SSSR count). The van der Waals surface area contributed by atoms with Crippen LogP contribution in [0.15, 0.2) is 48.5 Å². The Kier molecular flexibility index (Phi) is 9.48. The van der Waals surface area contributed by atoms with Crippen molar-refractivity contribution >= 4 is 23.4 Å². The van der Waals surface area contributed by atoms with Gasteiger partial charge >= 0.3 is 0 Å². The molecule has 0 aliphatic heterocycles. The van der Waals surface area contributed by atoms with Crippen LogP contribution in [0.25, 0.3) is 0 Å². The monoisotopic (exact) mass is 432 g/mol. The summed E-state index contributed by atoms with van der Waals surface area (Å²) in [7, 11) is 1.54. The first kappa shape index (κ1) is 23.5. The SMILES string of the molecule is CCCCNC(=O)[C@@H](C)N(Cc1cccc(Cl)c1)C(=O)COc1ccccc1OC. The van der Waals surface area contributed by atoms with E-state index in [1.807, 2.05) is 18.2 Å². The summed E-state index contributed by atoms with van der Waals surface area (Å²) in [6, 6.07) is 13.7. The van der Waals surface area contributed by atoms with Gasteiger partial charge in [0.15, 0.2) is 18.1 Å². The molecule has 162 valence electrons. The van der Waals surface area contributed by atoms with Crippen LogP contribution in [0, 0.1) is 0 Å². The Morgan fingerprint density at radius 1 is 1.13 bits per heavy atom. The van der Waals surface area contributed by atoms with Crippen molar-refractivity contribution in [1.29, 1.82) is 0 Å². The minimum absolute atomic E-state index is 0.198. The fraction of sp³-hybridized carbons (Fsp3) is 0.391. The van der Waals surface area contributed by atoms with Crippen molar-refractivity contribution in [3.63, 3.8) is 0 Å². The molecule has 0 fully saturated rings. The van der Waals surface area contributed by atoms with Crippen LogP contribution in [0.5, 0.6) is 11.5 Å². The Morgan fingerprint density at radius 3 is 2.53 bits per heavy atom. The molecule has 2 amide bonds. The maximum Gasteiger partial charge on any atom is 0.261 e. The molecule has 30 heavy (non-hydrogen) atoms. The third kappa shape index (κ3) is 6.95. The van der Waals surface area contributed by atoms with Gasteiger partial charge in [-0.3, -0.25) is 9.59 Å². The zero-order chi connectivity index (χ0) is 21.9. The number of rotatable bonds is 11. The second kappa shape index (κ2) is 12.1. The van der Waals surface area contributed by atoms with Crippen molar-refractivity contribution in [2.75, 3.05) is 20.3 Å². The smallest absolute Gasteiger partial charge is 0.261 e. The Hall–Kier alpha value is -2.73. The highest BCUT2D eigenvalue weighted by molar-refractivity contribution is 6.30. The average molecular weight is 433 g/mol. The summed E-state index contributed by atoms with van der Waals surface area (Å²) in [5.74, 6) is 0.503. The molecule has 0 unspecified atom stereocenters. The summed E-state index contributed by atoms with van der Waals surface area (Å²) >= 11 is 6.09. The normalized spacial score (nSPS) is 11.5. The number of carbonyl (C=O) groups is 2. The topological polar surface area (TPSA) is 67.9 Å². The van der Waals surface area contributed by atoms with E-state index in [0.29, 0.717) is 23.1 Å². The molecule has 0 radical (unpaired) electrons. The Balaban J connectivity index is 2.14. The summed E-state index contributed by atoms with van der Waals surface area (Å²) in [6.07, 6.45) is 1.87. The van der Waals surface area contributed by atoms with Crippen molar-refractivity contribution in [3.05, 3.63) is 59.1 Å². The van der Waals surface area contributed by atoms with Crippen LogP contribution in [0.1, 0.15) is 32.3 Å². The molecule has 2 aromatic rings. The van der Waals surface area contributed by atoms with Gasteiger partial charge in [-0.2, -0.15) is 0 Å². The number of unbranched alkanes of at least 4 members (excludes halogenated alkanes) is 1. The number of hydrogen-bond donors (Lipinski definition) is 1. The standard InChI is InChI=1S/C23H29ClN2O4/c1-4-5-13-25-23(28)17(2)26(15-18-9-8-10-19(24)14-18)22(27)16-30-21-12-7-6-11-20(21)29-3/h6-12,14,17H,4-5,13,15-16H2,1-3H3,(H,25,28)/t17-/m1/s1. The number of benzene rings is 2. The van der Waals surface area contributed by atoms with Gasteiger partial charge in [0.05, 0.1) is 7.11 Å². The second-order valence-corrected chi connectivity index (χ2v) is 7.35. The van der Waals surface area contributed by atoms with Crippen LogP contribution in [-0.2, 0) is 16.1 Å². The third-order valence-corrected chi connectivity index (χ3v) is 4.89. The second-order valence-electron chi connectivity index (χ2n) is 6.91. The number of para-hydroxylation sites is 2. The van der Waals surface area contributed by atoms with Crippen LogP contribution in [0.4, 0.5) is 0 Å². The number of nitrogens with one attached hydrogen (secondary N) is 1. The van der Waals surface area contributed by atoms with Gasteiger partial charge < -0.3 is 19.7 Å². The molecule has 0 aromatic heterocycles. The predicted molar refractivity (Wildman–Crippen MR) is 118 cm³/mol. The first-order valence-corrected chi connectivity index (χ1v) is 10.4. The van der Waals surface area contributed by atoms with E-state index < -0.39 is 6.04 Å². The highest BCUT2D eigenvalue weighted by atomic mass is 35.5. The van der Waals surface area contributed by atoms with Crippen LogP contribution in [0.2, 0.25) is 5.02 Å². The van der Waals surface area contributed by atoms with Crippen molar-refractivity contribution in [2.45, 2.75) is 39.3 Å². The van der Waals surface area contributed by atoms with Gasteiger partial charge in [-0.05, 0) is 43.2 Å². The zero-order valence-corrected chi connectivity index (χ0v) is 18.4. The number of nitrogens with zero attached hydrogens (tertiary/aromatic N) is 1. The maximum absolute atomic E-state index is 13.0. The van der Waals surface area contributed by atoms with Crippen molar-refractivity contribution in [1.82, 2.24) is 10.2 Å². The van der Waals surface area contributed by atoms with E-state index in [-0.39, 0.29) is 25.0 Å². The Bertz CT molecular complexity index is 843. The molecule has 0 saturated carbocycles. The molecule has 6 nitrogen and oxygen atoms in total. The van der Waals surface area contributed by atoms with Crippen molar-refractivity contribution < 1.29 is 19.1 Å². The van der Waals surface area contributed by atoms with E-state index in [4.69, 9.17) is 21.1 Å². The first-order chi connectivity index (χ1) is 14.5. The van der Waals surface area contributed by atoms with E-state index in [9.17, 15) is 9.59 Å². The lowest BCUT2D eigenvalue weighted by atomic mass is 10.1. The van der Waals surface area contributed by atoms with E-state index in [0.717, 1.165) is 18.4 Å². The summed E-state index contributed by atoms with van der Waals surface area (Å²) in [6.45, 7) is 4.38. The molecule has 0 bridgehead atoms. The van der Waals surface area contributed by atoms with Gasteiger partial charge in [-0.15, -0.1) is 0 Å². The van der Waals surface area contributed by atoms with Crippen LogP contribution < -0.4 is 14.8 Å². The lowest BCUT2D eigenvalue weighted by Gasteiger charge is -2.29. The molecular weight excluding hydrogens is 404 g/mol. The molecule has 0 heterocycles. The van der Waals surface area contributed by atoms with E-state index in [2.05, 4.69) is 12.2 Å². The van der Waals surface area contributed by atoms with Crippen LogP contribution in [0.3, 0.4) is 0 Å². The largest absolute Gasteiger partial charge is 0.493 e. The van der Waals surface area contributed by atoms with Crippen LogP contribution in [-0.4, -0.2) is 43.0 Å². The van der Waals surface area contributed by atoms with E-state index >= 15 is 0 Å². The number of halogens is 1. The zero-order valence-electron chi connectivity index (χ0n) is 17.7. The predicted octanol–water partition coefficient (Wildman–Crippen LogP) is 4.06. The van der Waals surface area contributed by atoms with Gasteiger partial charge in [0.25, 0.3) is 5.91 Å².